The Morgan fingerprint density at radius 1 is 1.11 bits per heavy atom. The average Bonchev–Trinajstić information content (AvgIpc) is 2.69. The molecule has 1 atom stereocenters. The molecule has 28 heavy (non-hydrogen) atoms. The summed E-state index contributed by atoms with van der Waals surface area (Å²) in [6, 6.07) is 12.2. The van der Waals surface area contributed by atoms with Gasteiger partial charge >= 0.3 is 0 Å². The van der Waals surface area contributed by atoms with E-state index < -0.39 is 16.9 Å². The minimum absolute atomic E-state index is 0.130. The molecule has 7 nitrogen and oxygen atoms in total. The summed E-state index contributed by atoms with van der Waals surface area (Å²) >= 11 is 0. The van der Waals surface area contributed by atoms with Gasteiger partial charge in [-0.15, -0.1) is 0 Å². The normalized spacial score (nSPS) is 11.5. The molecular weight excluding hydrogens is 358 g/mol. The number of amides is 2. The summed E-state index contributed by atoms with van der Waals surface area (Å²) in [5.74, 6) is -0.907. The Morgan fingerprint density at radius 3 is 2.46 bits per heavy atom. The lowest BCUT2D eigenvalue weighted by Crippen LogP contribution is -2.41. The minimum atomic E-state index is -0.795. The van der Waals surface area contributed by atoms with Crippen LogP contribution in [-0.2, 0) is 11.2 Å². The fourth-order valence-corrected chi connectivity index (χ4v) is 2.69. The number of nitro benzene ring substituents is 1. The molecule has 148 valence electrons. The zero-order valence-corrected chi connectivity index (χ0v) is 16.1. The van der Waals surface area contributed by atoms with Crippen LogP contribution in [0.3, 0.4) is 0 Å². The number of nitrogens with zero attached hydrogens (tertiary/aromatic N) is 1. The molecule has 1 unspecified atom stereocenters. The number of anilines is 1. The van der Waals surface area contributed by atoms with Gasteiger partial charge in [0.15, 0.2) is 0 Å². The van der Waals surface area contributed by atoms with Gasteiger partial charge in [0.2, 0.25) is 5.91 Å². The molecule has 2 rings (SSSR count). The Labute approximate surface area is 164 Å². The molecule has 0 heterocycles. The summed E-state index contributed by atoms with van der Waals surface area (Å²) in [6.45, 7) is 3.72. The molecule has 0 radical (unpaired) electrons. The molecule has 2 aromatic rings. The van der Waals surface area contributed by atoms with Crippen LogP contribution in [0.5, 0.6) is 0 Å². The number of benzene rings is 2. The van der Waals surface area contributed by atoms with Gasteiger partial charge in [-0.3, -0.25) is 19.7 Å². The Bertz CT molecular complexity index is 834. The molecule has 0 saturated heterocycles. The number of nitro groups is 1. The van der Waals surface area contributed by atoms with Crippen LogP contribution in [0.25, 0.3) is 0 Å². The molecular formula is C21H25N3O4. The van der Waals surface area contributed by atoms with Crippen molar-refractivity contribution in [2.75, 3.05) is 5.32 Å². The maximum atomic E-state index is 12.3. The van der Waals surface area contributed by atoms with Crippen LogP contribution in [-0.4, -0.2) is 22.8 Å². The zero-order valence-electron chi connectivity index (χ0n) is 16.1. The van der Waals surface area contributed by atoms with Gasteiger partial charge < -0.3 is 10.6 Å². The van der Waals surface area contributed by atoms with Crippen LogP contribution in [0.1, 0.15) is 49.0 Å². The number of aryl methyl sites for hydroxylation is 1. The average molecular weight is 383 g/mol. The number of hydrogen-bond donors (Lipinski definition) is 2. The smallest absolute Gasteiger partial charge is 0.270 e. The molecule has 0 fully saturated rings. The van der Waals surface area contributed by atoms with Crippen molar-refractivity contribution < 1.29 is 14.5 Å². The number of hydrogen-bond acceptors (Lipinski definition) is 4. The van der Waals surface area contributed by atoms with Crippen LogP contribution in [0, 0.1) is 10.1 Å². The van der Waals surface area contributed by atoms with Crippen molar-refractivity contribution in [3.63, 3.8) is 0 Å². The number of nitrogens with one attached hydrogen (secondary N) is 2. The summed E-state index contributed by atoms with van der Waals surface area (Å²) in [6.07, 6.45) is 4.52. The van der Waals surface area contributed by atoms with Crippen molar-refractivity contribution in [1.82, 2.24) is 5.32 Å². The second-order valence-electron chi connectivity index (χ2n) is 6.65. The summed E-state index contributed by atoms with van der Waals surface area (Å²) in [5.41, 5.74) is 1.83. The number of carbonyl (C=O) groups excluding carboxylic acids is 2. The van der Waals surface area contributed by atoms with Crippen molar-refractivity contribution in [1.29, 1.82) is 0 Å². The topological polar surface area (TPSA) is 101 Å². The lowest BCUT2D eigenvalue weighted by molar-refractivity contribution is -0.384. The van der Waals surface area contributed by atoms with Gasteiger partial charge in [0.1, 0.15) is 6.04 Å². The van der Waals surface area contributed by atoms with Gasteiger partial charge in [0.25, 0.3) is 11.6 Å². The highest BCUT2D eigenvalue weighted by Crippen LogP contribution is 2.14. The third kappa shape index (κ3) is 6.19. The maximum Gasteiger partial charge on any atom is 0.270 e. The predicted octanol–water partition coefficient (Wildman–Crippen LogP) is 4.08. The monoisotopic (exact) mass is 383 g/mol. The van der Waals surface area contributed by atoms with Gasteiger partial charge in [-0.1, -0.05) is 38.0 Å². The van der Waals surface area contributed by atoms with Crippen LogP contribution in [0.4, 0.5) is 11.4 Å². The van der Waals surface area contributed by atoms with Crippen LogP contribution < -0.4 is 10.6 Å². The second kappa shape index (κ2) is 10.2. The second-order valence-corrected chi connectivity index (χ2v) is 6.65. The van der Waals surface area contributed by atoms with Gasteiger partial charge in [0.05, 0.1) is 4.92 Å². The van der Waals surface area contributed by atoms with E-state index in [1.807, 2.05) is 24.3 Å². The fourth-order valence-electron chi connectivity index (χ4n) is 2.69. The first-order chi connectivity index (χ1) is 13.4. The molecule has 2 aromatic carbocycles. The standard InChI is InChI=1S/C21H25N3O4/c1-3-4-5-7-16-10-12-18(13-11-16)23-20(25)15(2)22-21(26)17-8-6-9-19(14-17)24(27)28/h6,8-15H,3-5,7H2,1-2H3,(H,22,26)(H,23,25). The summed E-state index contributed by atoms with van der Waals surface area (Å²) in [4.78, 5) is 34.8. The van der Waals surface area contributed by atoms with E-state index in [0.29, 0.717) is 5.69 Å². The van der Waals surface area contributed by atoms with E-state index >= 15 is 0 Å². The first-order valence-corrected chi connectivity index (χ1v) is 9.36. The fraction of sp³-hybridized carbons (Fsp3) is 0.333. The first-order valence-electron chi connectivity index (χ1n) is 9.36. The molecule has 0 saturated carbocycles. The predicted molar refractivity (Wildman–Crippen MR) is 108 cm³/mol. The maximum absolute atomic E-state index is 12.3. The van der Waals surface area contributed by atoms with Crippen molar-refractivity contribution in [3.05, 3.63) is 69.8 Å². The molecule has 0 bridgehead atoms. The number of unbranched alkanes of at least 4 members (excludes halogenated alkanes) is 2. The minimum Gasteiger partial charge on any atom is -0.341 e. The highest BCUT2D eigenvalue weighted by Gasteiger charge is 2.18. The lowest BCUT2D eigenvalue weighted by Gasteiger charge is -2.14. The Morgan fingerprint density at radius 2 is 1.82 bits per heavy atom. The van der Waals surface area contributed by atoms with Crippen LogP contribution >= 0.6 is 0 Å². The zero-order chi connectivity index (χ0) is 20.5. The molecule has 0 aliphatic rings. The van der Waals surface area contributed by atoms with Crippen molar-refractivity contribution in [2.24, 2.45) is 0 Å². The van der Waals surface area contributed by atoms with Gasteiger partial charge in [-0.05, 0) is 43.5 Å². The van der Waals surface area contributed by atoms with Crippen molar-refractivity contribution in [3.8, 4) is 0 Å². The Kier molecular flexibility index (Phi) is 7.68. The van der Waals surface area contributed by atoms with E-state index in [0.717, 1.165) is 12.8 Å². The highest BCUT2D eigenvalue weighted by molar-refractivity contribution is 6.01. The Hall–Kier alpha value is -3.22. The molecule has 0 aliphatic carbocycles. The number of carbonyl (C=O) groups is 2. The van der Waals surface area contributed by atoms with E-state index in [2.05, 4.69) is 17.6 Å². The Balaban J connectivity index is 1.91. The highest BCUT2D eigenvalue weighted by atomic mass is 16.6. The SMILES string of the molecule is CCCCCc1ccc(NC(=O)C(C)NC(=O)c2cccc([N+](=O)[O-])c2)cc1. The third-order valence-corrected chi connectivity index (χ3v) is 4.35. The molecule has 0 aliphatic heterocycles. The largest absolute Gasteiger partial charge is 0.341 e. The third-order valence-electron chi connectivity index (χ3n) is 4.35. The molecule has 2 amide bonds. The van der Waals surface area contributed by atoms with E-state index in [9.17, 15) is 19.7 Å². The van der Waals surface area contributed by atoms with E-state index in [1.54, 1.807) is 6.92 Å². The van der Waals surface area contributed by atoms with E-state index in [-0.39, 0.29) is 17.2 Å². The molecule has 0 aromatic heterocycles. The lowest BCUT2D eigenvalue weighted by atomic mass is 10.1. The first kappa shape index (κ1) is 21.1. The number of non-ortho nitro benzene ring substituents is 1. The quantitative estimate of drug-likeness (QED) is 0.387. The summed E-state index contributed by atoms with van der Waals surface area (Å²) in [7, 11) is 0. The van der Waals surface area contributed by atoms with E-state index in [4.69, 9.17) is 0 Å². The van der Waals surface area contributed by atoms with Crippen LogP contribution in [0.2, 0.25) is 0 Å². The molecule has 2 N–H and O–H groups in total. The van der Waals surface area contributed by atoms with Gasteiger partial charge in [-0.2, -0.15) is 0 Å². The van der Waals surface area contributed by atoms with Crippen molar-refractivity contribution in [2.45, 2.75) is 45.6 Å². The molecule has 0 spiro atoms. The number of rotatable bonds is 9. The van der Waals surface area contributed by atoms with Crippen molar-refractivity contribution >= 4 is 23.2 Å². The summed E-state index contributed by atoms with van der Waals surface area (Å²) < 4.78 is 0. The van der Waals surface area contributed by atoms with Gasteiger partial charge in [0, 0.05) is 23.4 Å². The van der Waals surface area contributed by atoms with Crippen LogP contribution in [0.15, 0.2) is 48.5 Å². The van der Waals surface area contributed by atoms with Gasteiger partial charge in [-0.25, -0.2) is 0 Å². The summed E-state index contributed by atoms with van der Waals surface area (Å²) in [5, 5.41) is 16.1. The van der Waals surface area contributed by atoms with E-state index in [1.165, 1.54) is 42.7 Å². The molecule has 7 heteroatoms.